The molecule has 1 aromatic heterocycles. The lowest BCUT2D eigenvalue weighted by molar-refractivity contribution is 0.593. The van der Waals surface area contributed by atoms with E-state index in [1.54, 1.807) is 0 Å². The van der Waals surface area contributed by atoms with Gasteiger partial charge in [0, 0.05) is 5.92 Å². The fourth-order valence-corrected chi connectivity index (χ4v) is 1.32. The molecule has 0 amide bonds. The molecular weight excluding hydrogens is 208 g/mol. The van der Waals surface area contributed by atoms with Gasteiger partial charge in [-0.2, -0.15) is 0 Å². The van der Waals surface area contributed by atoms with Crippen LogP contribution in [0.25, 0.3) is 0 Å². The smallest absolute Gasteiger partial charge is 0.135 e. The summed E-state index contributed by atoms with van der Waals surface area (Å²) < 4.78 is 0. The Morgan fingerprint density at radius 1 is 0.824 bits per heavy atom. The molecule has 0 N–H and O–H groups in total. The molecule has 92 valence electrons. The van der Waals surface area contributed by atoms with E-state index in [4.69, 9.17) is 0 Å². The van der Waals surface area contributed by atoms with E-state index in [-0.39, 0.29) is 10.6 Å². The minimum absolute atomic E-state index is 0.0351. The summed E-state index contributed by atoms with van der Waals surface area (Å²) in [5.41, 5.74) is 0. The largest absolute Gasteiger partial charge is 0.218 e. The Balaban J connectivity index is 3.40. The van der Waals surface area contributed by atoms with Crippen LogP contribution in [-0.4, -0.2) is 30.6 Å². The topological polar surface area (TPSA) is 38.7 Å². The summed E-state index contributed by atoms with van der Waals surface area (Å²) in [5.74, 6) is 3.01. The van der Waals surface area contributed by atoms with Crippen molar-refractivity contribution in [3.8, 4) is 0 Å². The molecule has 0 saturated heterocycles. The number of aromatic nitrogens is 3. The van der Waals surface area contributed by atoms with Crippen LogP contribution >= 0.6 is 0 Å². The van der Waals surface area contributed by atoms with Crippen LogP contribution in [-0.2, 0) is 10.6 Å². The number of hydrogen-bond acceptors (Lipinski definition) is 3. The van der Waals surface area contributed by atoms with Gasteiger partial charge in [-0.1, -0.05) is 41.5 Å². The van der Waals surface area contributed by atoms with Gasteiger partial charge in [0.1, 0.15) is 33.2 Å². The van der Waals surface area contributed by atoms with Crippen LogP contribution < -0.4 is 0 Å². The maximum Gasteiger partial charge on any atom is 0.135 e. The van der Waals surface area contributed by atoms with Crippen molar-refractivity contribution < 1.29 is 0 Å². The summed E-state index contributed by atoms with van der Waals surface area (Å²) in [6, 6.07) is 0. The third-order valence-corrected chi connectivity index (χ3v) is 2.51. The summed E-state index contributed by atoms with van der Waals surface area (Å²) in [7, 11) is 4.28. The molecular formula is C12H23B2N3. The van der Waals surface area contributed by atoms with Crippen LogP contribution in [0, 0.1) is 0 Å². The van der Waals surface area contributed by atoms with Crippen molar-refractivity contribution in [1.29, 1.82) is 0 Å². The highest BCUT2D eigenvalue weighted by Crippen LogP contribution is 2.22. The van der Waals surface area contributed by atoms with Crippen molar-refractivity contribution in [2.45, 2.75) is 58.1 Å². The Morgan fingerprint density at radius 2 is 1.18 bits per heavy atom. The third kappa shape index (κ3) is 3.55. The van der Waals surface area contributed by atoms with Gasteiger partial charge in [-0.15, -0.1) is 0 Å². The molecule has 0 spiro atoms. The molecule has 0 aliphatic rings. The van der Waals surface area contributed by atoms with Crippen molar-refractivity contribution >= 4 is 15.7 Å². The molecule has 1 aromatic rings. The van der Waals surface area contributed by atoms with E-state index in [1.165, 1.54) is 0 Å². The average molecular weight is 231 g/mol. The van der Waals surface area contributed by atoms with Crippen molar-refractivity contribution in [1.82, 2.24) is 15.0 Å². The van der Waals surface area contributed by atoms with Crippen LogP contribution in [0.5, 0.6) is 0 Å². The second-order valence-corrected chi connectivity index (χ2v) is 7.00. The molecule has 0 aromatic carbocycles. The number of nitrogens with zero attached hydrogens (tertiary/aromatic N) is 3. The highest BCUT2D eigenvalue weighted by atomic mass is 15.0. The van der Waals surface area contributed by atoms with Gasteiger partial charge in [-0.25, -0.2) is 15.0 Å². The fraction of sp³-hybridized carbons (Fsp3) is 0.750. The second-order valence-electron chi connectivity index (χ2n) is 7.00. The highest BCUT2D eigenvalue weighted by molar-refractivity contribution is 6.15. The molecule has 17 heavy (non-hydrogen) atoms. The summed E-state index contributed by atoms with van der Waals surface area (Å²) in [4.78, 5) is 13.8. The van der Waals surface area contributed by atoms with Crippen LogP contribution in [0.1, 0.15) is 64.9 Å². The normalized spacial score (nSPS) is 13.1. The van der Waals surface area contributed by atoms with Crippen molar-refractivity contribution in [2.24, 2.45) is 0 Å². The van der Waals surface area contributed by atoms with E-state index in [9.17, 15) is 0 Å². The van der Waals surface area contributed by atoms with Crippen LogP contribution in [0.4, 0.5) is 0 Å². The Bertz CT molecular complexity index is 371. The molecule has 0 saturated carbocycles. The lowest BCUT2D eigenvalue weighted by Gasteiger charge is -2.23. The van der Waals surface area contributed by atoms with E-state index in [0.29, 0.717) is 5.92 Å². The Labute approximate surface area is 107 Å². The van der Waals surface area contributed by atoms with Crippen LogP contribution in [0.2, 0.25) is 0 Å². The molecule has 0 unspecified atom stereocenters. The molecule has 1 heterocycles. The van der Waals surface area contributed by atoms with E-state index < -0.39 is 0 Å². The predicted molar refractivity (Wildman–Crippen MR) is 77.1 cm³/mol. The van der Waals surface area contributed by atoms with Gasteiger partial charge in [-0.3, -0.25) is 0 Å². The molecule has 1 rings (SSSR count). The molecule has 0 atom stereocenters. The van der Waals surface area contributed by atoms with Gasteiger partial charge >= 0.3 is 0 Å². The third-order valence-electron chi connectivity index (χ3n) is 2.51. The van der Waals surface area contributed by atoms with Crippen molar-refractivity contribution in [2.75, 3.05) is 0 Å². The minimum atomic E-state index is -0.0351. The van der Waals surface area contributed by atoms with Gasteiger partial charge in [0.15, 0.2) is 0 Å². The maximum absolute atomic E-state index is 4.64. The van der Waals surface area contributed by atoms with E-state index in [0.717, 1.165) is 17.5 Å². The molecule has 0 aliphatic carbocycles. The Kier molecular flexibility index (Phi) is 3.70. The maximum atomic E-state index is 4.64. The zero-order valence-electron chi connectivity index (χ0n) is 12.4. The first-order valence-electron chi connectivity index (χ1n) is 6.29. The van der Waals surface area contributed by atoms with E-state index in [1.807, 2.05) is 0 Å². The first-order chi connectivity index (χ1) is 7.51. The van der Waals surface area contributed by atoms with Gasteiger partial charge in [0.05, 0.1) is 0 Å². The van der Waals surface area contributed by atoms with Gasteiger partial charge < -0.3 is 0 Å². The zero-order chi connectivity index (χ0) is 13.4. The molecule has 0 bridgehead atoms. The SMILES string of the molecule is BC(C)(C)c1nc(C(C)C)nc(C(B)(C)C)n1. The predicted octanol–water partition coefficient (Wildman–Crippen LogP) is 0.731. The van der Waals surface area contributed by atoms with Crippen molar-refractivity contribution in [3.05, 3.63) is 17.5 Å². The lowest BCUT2D eigenvalue weighted by Crippen LogP contribution is -2.28. The molecule has 5 heteroatoms. The zero-order valence-corrected chi connectivity index (χ0v) is 12.4. The summed E-state index contributed by atoms with van der Waals surface area (Å²) in [6.07, 6.45) is 0. The molecule has 0 aliphatic heterocycles. The van der Waals surface area contributed by atoms with Crippen LogP contribution in [0.3, 0.4) is 0 Å². The van der Waals surface area contributed by atoms with Gasteiger partial charge in [0.25, 0.3) is 0 Å². The lowest BCUT2D eigenvalue weighted by atomic mass is 9.70. The number of hydrogen-bond donors (Lipinski definition) is 0. The van der Waals surface area contributed by atoms with Gasteiger partial charge in [0.2, 0.25) is 0 Å². The monoisotopic (exact) mass is 231 g/mol. The summed E-state index contributed by atoms with van der Waals surface area (Å²) in [5, 5.41) is -0.0703. The van der Waals surface area contributed by atoms with Crippen LogP contribution in [0.15, 0.2) is 0 Å². The van der Waals surface area contributed by atoms with Gasteiger partial charge in [-0.05, 0) is 10.6 Å². The Morgan fingerprint density at radius 3 is 1.41 bits per heavy atom. The quantitative estimate of drug-likeness (QED) is 0.719. The first kappa shape index (κ1) is 14.2. The van der Waals surface area contributed by atoms with Crippen molar-refractivity contribution in [3.63, 3.8) is 0 Å². The summed E-state index contributed by atoms with van der Waals surface area (Å²) >= 11 is 0. The second kappa shape index (κ2) is 4.43. The molecule has 0 radical (unpaired) electrons. The fourth-order valence-electron chi connectivity index (χ4n) is 1.32. The Hall–Kier alpha value is -0.860. The van der Waals surface area contributed by atoms with E-state index in [2.05, 4.69) is 72.2 Å². The average Bonchev–Trinajstić information content (AvgIpc) is 2.14. The highest BCUT2D eigenvalue weighted by Gasteiger charge is 2.25. The molecule has 3 nitrogen and oxygen atoms in total. The molecule has 0 fully saturated rings. The summed E-state index contributed by atoms with van der Waals surface area (Å²) in [6.45, 7) is 12.8. The number of rotatable bonds is 3. The standard InChI is InChI=1S/C12H23B2N3/c1-7(2)8-15-9(11(3,4)13)17-10(16-8)12(5,6)14/h7H,13-14H2,1-6H3. The van der Waals surface area contributed by atoms with E-state index >= 15 is 0 Å². The minimum Gasteiger partial charge on any atom is -0.218 e. The first-order valence-corrected chi connectivity index (χ1v) is 6.29.